The Bertz CT molecular complexity index is 604. The van der Waals surface area contributed by atoms with Gasteiger partial charge in [-0.05, 0) is 40.2 Å². The van der Waals surface area contributed by atoms with E-state index in [0.29, 0.717) is 35.6 Å². The summed E-state index contributed by atoms with van der Waals surface area (Å²) in [7, 11) is 1.34. The number of aromatic amines is 1. The molecule has 2 heterocycles. The SMILES string of the molecule is COC(=O)c1c(C)[nH]c(C(=O)N2CC(C)OC(C)(C)C2)c1C. The van der Waals surface area contributed by atoms with Crippen molar-refractivity contribution in [1.29, 1.82) is 0 Å². The number of hydrogen-bond donors (Lipinski definition) is 1. The Kier molecular flexibility index (Phi) is 4.33. The van der Waals surface area contributed by atoms with Crippen molar-refractivity contribution in [3.63, 3.8) is 0 Å². The molecule has 122 valence electrons. The number of hydrogen-bond acceptors (Lipinski definition) is 4. The lowest BCUT2D eigenvalue weighted by atomic mass is 10.0. The van der Waals surface area contributed by atoms with E-state index in [1.807, 2.05) is 20.8 Å². The second-order valence-corrected chi connectivity index (χ2v) is 6.49. The molecule has 1 aliphatic rings. The summed E-state index contributed by atoms with van der Waals surface area (Å²) in [4.78, 5) is 29.5. The van der Waals surface area contributed by atoms with Gasteiger partial charge < -0.3 is 19.4 Å². The molecule has 6 heteroatoms. The van der Waals surface area contributed by atoms with E-state index in [9.17, 15) is 9.59 Å². The highest BCUT2D eigenvalue weighted by Crippen LogP contribution is 2.25. The Morgan fingerprint density at radius 3 is 2.55 bits per heavy atom. The lowest BCUT2D eigenvalue weighted by Gasteiger charge is -2.41. The summed E-state index contributed by atoms with van der Waals surface area (Å²) >= 11 is 0. The Balaban J connectivity index is 2.32. The number of nitrogens with one attached hydrogen (secondary N) is 1. The minimum atomic E-state index is -0.430. The third-order valence-corrected chi connectivity index (χ3v) is 3.90. The smallest absolute Gasteiger partial charge is 0.339 e. The van der Waals surface area contributed by atoms with Crippen LogP contribution in [-0.2, 0) is 9.47 Å². The van der Waals surface area contributed by atoms with Crippen molar-refractivity contribution >= 4 is 11.9 Å². The van der Waals surface area contributed by atoms with Gasteiger partial charge in [-0.3, -0.25) is 4.79 Å². The van der Waals surface area contributed by atoms with E-state index in [4.69, 9.17) is 9.47 Å². The van der Waals surface area contributed by atoms with Crippen LogP contribution in [0.15, 0.2) is 0 Å². The van der Waals surface area contributed by atoms with Gasteiger partial charge in [0.2, 0.25) is 0 Å². The Labute approximate surface area is 130 Å². The van der Waals surface area contributed by atoms with Gasteiger partial charge in [-0.25, -0.2) is 4.79 Å². The fraction of sp³-hybridized carbons (Fsp3) is 0.625. The molecular formula is C16H24N2O4. The third kappa shape index (κ3) is 3.02. The Morgan fingerprint density at radius 2 is 2.00 bits per heavy atom. The average molecular weight is 308 g/mol. The first-order valence-electron chi connectivity index (χ1n) is 7.41. The first kappa shape index (κ1) is 16.5. The van der Waals surface area contributed by atoms with Crippen LogP contribution in [0.25, 0.3) is 0 Å². The summed E-state index contributed by atoms with van der Waals surface area (Å²) in [6.07, 6.45) is -0.0239. The molecule has 0 aromatic carbocycles. The maximum absolute atomic E-state index is 12.8. The zero-order valence-corrected chi connectivity index (χ0v) is 14.1. The summed E-state index contributed by atoms with van der Waals surface area (Å²) in [5, 5.41) is 0. The minimum Gasteiger partial charge on any atom is -0.465 e. The second-order valence-electron chi connectivity index (χ2n) is 6.49. The number of morpholine rings is 1. The fourth-order valence-corrected chi connectivity index (χ4v) is 3.14. The van der Waals surface area contributed by atoms with E-state index < -0.39 is 5.97 Å². The highest BCUT2D eigenvalue weighted by molar-refractivity contribution is 6.00. The minimum absolute atomic E-state index is 0.0239. The zero-order valence-electron chi connectivity index (χ0n) is 14.1. The van der Waals surface area contributed by atoms with Crippen molar-refractivity contribution in [1.82, 2.24) is 9.88 Å². The molecule has 1 fully saturated rings. The van der Waals surface area contributed by atoms with Gasteiger partial charge >= 0.3 is 5.97 Å². The Hall–Kier alpha value is -1.82. The molecule has 1 amide bonds. The van der Waals surface area contributed by atoms with Crippen LogP contribution in [0.5, 0.6) is 0 Å². The molecule has 0 spiro atoms. The van der Waals surface area contributed by atoms with Gasteiger partial charge in [0, 0.05) is 18.8 Å². The molecule has 1 aromatic rings. The van der Waals surface area contributed by atoms with Crippen molar-refractivity contribution in [3.05, 3.63) is 22.5 Å². The van der Waals surface area contributed by atoms with Gasteiger partial charge in [0.1, 0.15) is 5.69 Å². The number of esters is 1. The van der Waals surface area contributed by atoms with E-state index in [-0.39, 0.29) is 17.6 Å². The predicted molar refractivity (Wildman–Crippen MR) is 82.1 cm³/mol. The standard InChI is InChI=1S/C16H24N2O4/c1-9-7-18(8-16(4,5)22-9)14(19)13-10(2)12(11(3)17-13)15(20)21-6/h9,17H,7-8H2,1-6H3. The van der Waals surface area contributed by atoms with Crippen LogP contribution in [0.3, 0.4) is 0 Å². The number of ether oxygens (including phenoxy) is 2. The summed E-state index contributed by atoms with van der Waals surface area (Å²) in [5.74, 6) is -0.542. The highest BCUT2D eigenvalue weighted by atomic mass is 16.5. The molecule has 0 radical (unpaired) electrons. The van der Waals surface area contributed by atoms with E-state index in [1.54, 1.807) is 18.7 Å². The van der Waals surface area contributed by atoms with E-state index >= 15 is 0 Å². The molecule has 1 saturated heterocycles. The van der Waals surface area contributed by atoms with Gasteiger partial charge in [0.05, 0.1) is 24.4 Å². The average Bonchev–Trinajstić information content (AvgIpc) is 2.70. The van der Waals surface area contributed by atoms with E-state index in [2.05, 4.69) is 4.98 Å². The summed E-state index contributed by atoms with van der Waals surface area (Å²) in [6.45, 7) is 10.5. The van der Waals surface area contributed by atoms with Crippen molar-refractivity contribution in [2.75, 3.05) is 20.2 Å². The number of aromatic nitrogens is 1. The summed E-state index contributed by atoms with van der Waals surface area (Å²) in [5.41, 5.74) is 1.78. The van der Waals surface area contributed by atoms with Crippen LogP contribution >= 0.6 is 0 Å². The predicted octanol–water partition coefficient (Wildman–Crippen LogP) is 2.06. The molecule has 2 rings (SSSR count). The van der Waals surface area contributed by atoms with E-state index in [0.717, 1.165) is 0 Å². The van der Waals surface area contributed by atoms with Gasteiger partial charge in [0.25, 0.3) is 5.91 Å². The number of amides is 1. The lowest BCUT2D eigenvalue weighted by Crippen LogP contribution is -2.53. The first-order chi connectivity index (χ1) is 10.2. The number of carbonyl (C=O) groups excluding carboxylic acids is 2. The molecule has 1 atom stereocenters. The van der Waals surface area contributed by atoms with Crippen LogP contribution in [0.4, 0.5) is 0 Å². The maximum atomic E-state index is 12.8. The normalized spacial score (nSPS) is 20.8. The van der Waals surface area contributed by atoms with E-state index in [1.165, 1.54) is 7.11 Å². The van der Waals surface area contributed by atoms with Gasteiger partial charge in [-0.15, -0.1) is 0 Å². The third-order valence-electron chi connectivity index (χ3n) is 3.90. The van der Waals surface area contributed by atoms with Crippen molar-refractivity contribution in [2.45, 2.75) is 46.3 Å². The maximum Gasteiger partial charge on any atom is 0.339 e. The number of rotatable bonds is 2. The van der Waals surface area contributed by atoms with Crippen molar-refractivity contribution in [2.24, 2.45) is 0 Å². The number of H-pyrrole nitrogens is 1. The Morgan fingerprint density at radius 1 is 1.36 bits per heavy atom. The highest BCUT2D eigenvalue weighted by Gasteiger charge is 2.35. The second kappa shape index (κ2) is 5.76. The van der Waals surface area contributed by atoms with Crippen molar-refractivity contribution in [3.8, 4) is 0 Å². The summed E-state index contributed by atoms with van der Waals surface area (Å²) in [6, 6.07) is 0. The van der Waals surface area contributed by atoms with Gasteiger partial charge in [-0.2, -0.15) is 0 Å². The van der Waals surface area contributed by atoms with Crippen LogP contribution in [0.2, 0.25) is 0 Å². The number of methoxy groups -OCH3 is 1. The molecule has 0 saturated carbocycles. The fourth-order valence-electron chi connectivity index (χ4n) is 3.14. The van der Waals surface area contributed by atoms with Crippen molar-refractivity contribution < 1.29 is 19.1 Å². The number of aryl methyl sites for hydroxylation is 1. The quantitative estimate of drug-likeness (QED) is 0.849. The molecule has 0 aliphatic carbocycles. The molecule has 6 nitrogen and oxygen atoms in total. The molecule has 22 heavy (non-hydrogen) atoms. The molecular weight excluding hydrogens is 284 g/mol. The molecule has 1 aliphatic heterocycles. The van der Waals surface area contributed by atoms with Crippen LogP contribution in [0.1, 0.15) is 52.9 Å². The molecule has 1 N–H and O–H groups in total. The van der Waals surface area contributed by atoms with Crippen LogP contribution in [-0.4, -0.2) is 53.7 Å². The number of nitrogens with zero attached hydrogens (tertiary/aromatic N) is 1. The summed E-state index contributed by atoms with van der Waals surface area (Å²) < 4.78 is 10.6. The molecule has 1 aromatic heterocycles. The van der Waals surface area contributed by atoms with Gasteiger partial charge in [-0.1, -0.05) is 0 Å². The first-order valence-corrected chi connectivity index (χ1v) is 7.41. The topological polar surface area (TPSA) is 71.6 Å². The number of carbonyl (C=O) groups is 2. The monoisotopic (exact) mass is 308 g/mol. The molecule has 0 bridgehead atoms. The largest absolute Gasteiger partial charge is 0.465 e. The lowest BCUT2D eigenvalue weighted by molar-refractivity contribution is -0.118. The molecule has 1 unspecified atom stereocenters. The van der Waals surface area contributed by atoms with Crippen LogP contribution in [0, 0.1) is 13.8 Å². The van der Waals surface area contributed by atoms with Gasteiger partial charge in [0.15, 0.2) is 0 Å². The zero-order chi connectivity index (χ0) is 16.7. The van der Waals surface area contributed by atoms with Crippen LogP contribution < -0.4 is 0 Å².